The summed E-state index contributed by atoms with van der Waals surface area (Å²) in [5, 5.41) is 2.85. The van der Waals surface area contributed by atoms with Gasteiger partial charge in [0, 0.05) is 11.5 Å². The van der Waals surface area contributed by atoms with Gasteiger partial charge in [-0.3, -0.25) is 9.69 Å². The molecule has 0 aromatic heterocycles. The maximum absolute atomic E-state index is 12.9. The largest absolute Gasteiger partial charge is 0.425 e. The number of carbonyl (C=O) groups excluding carboxylic acids is 3. The normalized spacial score (nSPS) is 28.0. The molecular weight excluding hydrogens is 396 g/mol. The Morgan fingerprint density at radius 2 is 1.93 bits per heavy atom. The first-order chi connectivity index (χ1) is 13.5. The molecule has 1 aromatic rings. The third kappa shape index (κ3) is 3.64. The summed E-state index contributed by atoms with van der Waals surface area (Å²) in [6, 6.07) is 6.96. The Kier molecular flexibility index (Phi) is 5.60. The Hall–Kier alpha value is -1.67. The highest BCUT2D eigenvalue weighted by Gasteiger charge is 2.55. The van der Waals surface area contributed by atoms with Gasteiger partial charge in [-0.15, -0.1) is 23.5 Å². The molecule has 1 saturated carbocycles. The van der Waals surface area contributed by atoms with Gasteiger partial charge < -0.3 is 10.1 Å². The van der Waals surface area contributed by atoms with E-state index in [-0.39, 0.29) is 18.4 Å². The molecule has 3 aliphatic rings. The summed E-state index contributed by atoms with van der Waals surface area (Å²) in [7, 11) is 0. The van der Waals surface area contributed by atoms with Crippen LogP contribution >= 0.6 is 23.5 Å². The zero-order valence-corrected chi connectivity index (χ0v) is 17.4. The Bertz CT molecular complexity index is 779. The zero-order chi connectivity index (χ0) is 19.7. The molecule has 3 fully saturated rings. The maximum atomic E-state index is 12.9. The molecule has 28 heavy (non-hydrogen) atoms. The molecular formula is C20H24N2O4S2. The lowest BCUT2D eigenvalue weighted by Crippen LogP contribution is -2.54. The van der Waals surface area contributed by atoms with Crippen molar-refractivity contribution in [3.05, 3.63) is 29.8 Å². The van der Waals surface area contributed by atoms with Crippen LogP contribution in [0.3, 0.4) is 0 Å². The van der Waals surface area contributed by atoms with E-state index in [2.05, 4.69) is 5.32 Å². The number of ether oxygens (including phenoxy) is 1. The summed E-state index contributed by atoms with van der Waals surface area (Å²) in [4.78, 5) is 38.6. The number of carbonyl (C=O) groups is 3. The number of esters is 1. The van der Waals surface area contributed by atoms with E-state index in [1.165, 1.54) is 5.56 Å². The number of nitrogens with one attached hydrogen (secondary N) is 1. The molecule has 150 valence electrons. The molecule has 1 aliphatic carbocycles. The fourth-order valence-corrected chi connectivity index (χ4v) is 7.04. The number of benzene rings is 1. The number of thioether (sulfide) groups is 2. The predicted octanol–water partition coefficient (Wildman–Crippen LogP) is 3.57. The molecule has 2 unspecified atom stereocenters. The van der Waals surface area contributed by atoms with Gasteiger partial charge in [-0.05, 0) is 36.5 Å². The molecule has 2 aliphatic heterocycles. The van der Waals surface area contributed by atoms with E-state index in [1.54, 1.807) is 12.1 Å². The minimum Gasteiger partial charge on any atom is -0.425 e. The summed E-state index contributed by atoms with van der Waals surface area (Å²) in [6.07, 6.45) is 3.48. The second kappa shape index (κ2) is 7.99. The topological polar surface area (TPSA) is 75.7 Å². The Morgan fingerprint density at radius 3 is 2.61 bits per heavy atom. The quantitative estimate of drug-likeness (QED) is 0.456. The highest BCUT2D eigenvalue weighted by Crippen LogP contribution is 2.45. The number of nitrogens with zero attached hydrogens (tertiary/aromatic N) is 1. The average Bonchev–Trinajstić information content (AvgIpc) is 3.29. The van der Waals surface area contributed by atoms with Crippen molar-refractivity contribution < 1.29 is 19.1 Å². The Balaban J connectivity index is 1.38. The molecule has 2 atom stereocenters. The van der Waals surface area contributed by atoms with Crippen LogP contribution in [-0.4, -0.2) is 46.4 Å². The van der Waals surface area contributed by atoms with Crippen molar-refractivity contribution in [1.82, 2.24) is 10.2 Å². The highest BCUT2D eigenvalue weighted by molar-refractivity contribution is 8.19. The smallest absolute Gasteiger partial charge is 0.331 e. The molecule has 0 bridgehead atoms. The van der Waals surface area contributed by atoms with Crippen molar-refractivity contribution in [3.8, 4) is 5.75 Å². The number of amides is 3. The van der Waals surface area contributed by atoms with Crippen LogP contribution in [0.4, 0.5) is 4.79 Å². The van der Waals surface area contributed by atoms with Crippen molar-refractivity contribution >= 4 is 41.4 Å². The minimum atomic E-state index is -0.853. The van der Waals surface area contributed by atoms with E-state index in [0.717, 1.165) is 35.7 Å². The van der Waals surface area contributed by atoms with E-state index >= 15 is 0 Å². The molecule has 8 heteroatoms. The summed E-state index contributed by atoms with van der Waals surface area (Å²) < 4.78 is 5.80. The first kappa shape index (κ1) is 19.6. The van der Waals surface area contributed by atoms with Crippen LogP contribution in [0.15, 0.2) is 24.3 Å². The van der Waals surface area contributed by atoms with Gasteiger partial charge in [0.05, 0.1) is 4.58 Å². The summed E-state index contributed by atoms with van der Waals surface area (Å²) >= 11 is 3.83. The van der Waals surface area contributed by atoms with Crippen molar-refractivity contribution in [1.29, 1.82) is 0 Å². The SMILES string of the molecule is CC1CCCCC12NC(=O)N(CC(=O)Oc1ccc(C3SCCS3)cc1)C2=O. The van der Waals surface area contributed by atoms with Crippen LogP contribution < -0.4 is 10.1 Å². The average molecular weight is 421 g/mol. The van der Waals surface area contributed by atoms with Crippen LogP contribution in [0, 0.1) is 5.92 Å². The fourth-order valence-electron chi connectivity index (χ4n) is 4.18. The first-order valence-corrected chi connectivity index (χ1v) is 11.8. The monoisotopic (exact) mass is 420 g/mol. The van der Waals surface area contributed by atoms with Crippen molar-refractivity contribution in [2.45, 2.75) is 42.7 Å². The molecule has 4 rings (SSSR count). The molecule has 2 saturated heterocycles. The Morgan fingerprint density at radius 1 is 1.21 bits per heavy atom. The molecule has 1 spiro atoms. The number of urea groups is 1. The second-order valence-electron chi connectivity index (χ2n) is 7.56. The molecule has 1 aromatic carbocycles. The van der Waals surface area contributed by atoms with Crippen LogP contribution in [0.2, 0.25) is 0 Å². The standard InChI is InChI=1S/C20H24N2O4S2/c1-13-4-2-3-9-20(13)18(24)22(19(25)21-20)12-16(23)26-15-7-5-14(6-8-15)17-27-10-11-28-17/h5-8,13,17H,2-4,9-12H2,1H3,(H,21,25). The first-order valence-electron chi connectivity index (χ1n) is 9.67. The minimum absolute atomic E-state index is 0.0672. The number of rotatable bonds is 4. The number of imide groups is 1. The second-order valence-corrected chi connectivity index (χ2v) is 10.3. The Labute approximate surface area is 173 Å². The summed E-state index contributed by atoms with van der Waals surface area (Å²) in [5.41, 5.74) is 0.350. The van der Waals surface area contributed by atoms with E-state index < -0.39 is 17.5 Å². The molecule has 3 amide bonds. The third-order valence-corrected chi connectivity index (χ3v) is 8.90. The van der Waals surface area contributed by atoms with Gasteiger partial charge >= 0.3 is 12.0 Å². The van der Waals surface area contributed by atoms with Crippen molar-refractivity contribution in [2.24, 2.45) is 5.92 Å². The van der Waals surface area contributed by atoms with Gasteiger partial charge in [0.15, 0.2) is 0 Å². The van der Waals surface area contributed by atoms with E-state index in [4.69, 9.17) is 4.74 Å². The lowest BCUT2D eigenvalue weighted by Gasteiger charge is -2.36. The fraction of sp³-hybridized carbons (Fsp3) is 0.550. The van der Waals surface area contributed by atoms with E-state index in [0.29, 0.717) is 16.8 Å². The molecule has 2 heterocycles. The summed E-state index contributed by atoms with van der Waals surface area (Å²) in [5.74, 6) is 1.89. The lowest BCUT2D eigenvalue weighted by atomic mass is 9.73. The van der Waals surface area contributed by atoms with Crippen molar-refractivity contribution in [3.63, 3.8) is 0 Å². The van der Waals surface area contributed by atoms with E-state index in [9.17, 15) is 14.4 Å². The van der Waals surface area contributed by atoms with Crippen LogP contribution in [0.5, 0.6) is 5.75 Å². The summed E-state index contributed by atoms with van der Waals surface area (Å²) in [6.45, 7) is 1.62. The maximum Gasteiger partial charge on any atom is 0.331 e. The van der Waals surface area contributed by atoms with E-state index in [1.807, 2.05) is 42.6 Å². The van der Waals surface area contributed by atoms with Crippen molar-refractivity contribution in [2.75, 3.05) is 18.1 Å². The third-order valence-electron chi connectivity index (χ3n) is 5.79. The van der Waals surface area contributed by atoms with Gasteiger partial charge in [-0.1, -0.05) is 31.9 Å². The van der Waals surface area contributed by atoms with Gasteiger partial charge in [0.1, 0.15) is 17.8 Å². The van der Waals surface area contributed by atoms with Gasteiger partial charge in [0.25, 0.3) is 5.91 Å². The molecule has 1 N–H and O–H groups in total. The molecule has 6 nitrogen and oxygen atoms in total. The highest BCUT2D eigenvalue weighted by atomic mass is 32.2. The lowest BCUT2D eigenvalue weighted by molar-refractivity contribution is -0.142. The zero-order valence-electron chi connectivity index (χ0n) is 15.8. The van der Waals surface area contributed by atoms with Gasteiger partial charge in [0.2, 0.25) is 0 Å². The number of hydrogen-bond donors (Lipinski definition) is 1. The van der Waals surface area contributed by atoms with Crippen LogP contribution in [0.1, 0.15) is 42.8 Å². The van der Waals surface area contributed by atoms with Gasteiger partial charge in [-0.25, -0.2) is 9.59 Å². The predicted molar refractivity (Wildman–Crippen MR) is 110 cm³/mol. The van der Waals surface area contributed by atoms with Gasteiger partial charge in [-0.2, -0.15) is 0 Å². The van der Waals surface area contributed by atoms with Crippen LogP contribution in [0.25, 0.3) is 0 Å². The number of hydrogen-bond acceptors (Lipinski definition) is 6. The van der Waals surface area contributed by atoms with Crippen LogP contribution in [-0.2, 0) is 9.59 Å². The molecule has 0 radical (unpaired) electrons.